The molecule has 0 heterocycles. The van der Waals surface area contributed by atoms with Crippen LogP contribution in [0.1, 0.15) is 33.1 Å². The predicted molar refractivity (Wildman–Crippen MR) is 41.1 cm³/mol. The van der Waals surface area contributed by atoms with Crippen LogP contribution in [-0.4, -0.2) is 0 Å². The molecule has 1 aliphatic carbocycles. The Morgan fingerprint density at radius 3 is 2.89 bits per heavy atom. The molecular formula is C9H15. The summed E-state index contributed by atoms with van der Waals surface area (Å²) >= 11 is 0. The van der Waals surface area contributed by atoms with Gasteiger partial charge in [0, 0.05) is 0 Å². The molecule has 0 spiro atoms. The standard InChI is InChI=1S/C9H15/c1-3-8(2)4-5-9-6-7-9/h3,6,9H,4-5,7H2,1-2H3. The van der Waals surface area contributed by atoms with Gasteiger partial charge in [-0.2, -0.15) is 0 Å². The van der Waals surface area contributed by atoms with E-state index in [9.17, 15) is 0 Å². The molecule has 0 aliphatic heterocycles. The number of hydrogen-bond donors (Lipinski definition) is 0. The van der Waals surface area contributed by atoms with Crippen molar-refractivity contribution in [1.29, 1.82) is 0 Å². The monoisotopic (exact) mass is 123 g/mol. The zero-order valence-corrected chi connectivity index (χ0v) is 6.35. The van der Waals surface area contributed by atoms with E-state index < -0.39 is 0 Å². The molecule has 0 saturated heterocycles. The minimum Gasteiger partial charge on any atom is -0.0887 e. The molecule has 1 radical (unpaired) electrons. The molecule has 0 bridgehead atoms. The van der Waals surface area contributed by atoms with Crippen LogP contribution in [0.25, 0.3) is 0 Å². The first-order valence-electron chi connectivity index (χ1n) is 3.78. The molecule has 0 aromatic carbocycles. The minimum atomic E-state index is 0.972. The first-order valence-corrected chi connectivity index (χ1v) is 3.78. The Hall–Kier alpha value is -0.260. The van der Waals surface area contributed by atoms with Crippen LogP contribution >= 0.6 is 0 Å². The predicted octanol–water partition coefficient (Wildman–Crippen LogP) is 2.96. The third-order valence-corrected chi connectivity index (χ3v) is 1.97. The maximum absolute atomic E-state index is 2.39. The lowest BCUT2D eigenvalue weighted by atomic mass is 10.1. The molecular weight excluding hydrogens is 108 g/mol. The molecule has 0 nitrogen and oxygen atoms in total. The van der Waals surface area contributed by atoms with E-state index in [0.29, 0.717) is 0 Å². The van der Waals surface area contributed by atoms with Crippen molar-refractivity contribution in [2.45, 2.75) is 33.1 Å². The Balaban J connectivity index is 2.03. The first-order chi connectivity index (χ1) is 4.33. The smallest absolute Gasteiger partial charge is 0.0320 e. The van der Waals surface area contributed by atoms with Gasteiger partial charge in [-0.3, -0.25) is 0 Å². The fraction of sp³-hybridized carbons (Fsp3) is 0.667. The molecule has 1 fully saturated rings. The highest BCUT2D eigenvalue weighted by Gasteiger charge is 2.20. The summed E-state index contributed by atoms with van der Waals surface area (Å²) in [4.78, 5) is 0. The summed E-state index contributed by atoms with van der Waals surface area (Å²) in [5.41, 5.74) is 1.54. The Morgan fingerprint density at radius 2 is 2.44 bits per heavy atom. The second-order valence-electron chi connectivity index (χ2n) is 2.91. The molecule has 0 aromatic heterocycles. The van der Waals surface area contributed by atoms with E-state index in [0.717, 1.165) is 5.92 Å². The molecule has 51 valence electrons. The van der Waals surface area contributed by atoms with Gasteiger partial charge >= 0.3 is 0 Å². The van der Waals surface area contributed by atoms with E-state index in [1.54, 1.807) is 0 Å². The van der Waals surface area contributed by atoms with Crippen LogP contribution in [-0.2, 0) is 0 Å². The fourth-order valence-corrected chi connectivity index (χ4v) is 0.889. The highest BCUT2D eigenvalue weighted by molar-refractivity contribution is 5.01. The average molecular weight is 123 g/mol. The Kier molecular flexibility index (Phi) is 2.32. The van der Waals surface area contributed by atoms with Crippen molar-refractivity contribution in [3.05, 3.63) is 18.1 Å². The van der Waals surface area contributed by atoms with Crippen LogP contribution in [0.3, 0.4) is 0 Å². The second kappa shape index (κ2) is 3.05. The van der Waals surface area contributed by atoms with Gasteiger partial charge in [-0.15, -0.1) is 0 Å². The topological polar surface area (TPSA) is 0 Å². The lowest BCUT2D eigenvalue weighted by molar-refractivity contribution is 0.740. The van der Waals surface area contributed by atoms with Gasteiger partial charge in [0.25, 0.3) is 0 Å². The second-order valence-corrected chi connectivity index (χ2v) is 2.91. The maximum Gasteiger partial charge on any atom is -0.0320 e. The van der Waals surface area contributed by atoms with Crippen LogP contribution in [0, 0.1) is 12.3 Å². The van der Waals surface area contributed by atoms with Gasteiger partial charge in [0.15, 0.2) is 0 Å². The Labute approximate surface area is 58.0 Å². The van der Waals surface area contributed by atoms with Crippen molar-refractivity contribution in [3.63, 3.8) is 0 Å². The third-order valence-electron chi connectivity index (χ3n) is 1.97. The fourth-order valence-electron chi connectivity index (χ4n) is 0.889. The van der Waals surface area contributed by atoms with Gasteiger partial charge < -0.3 is 0 Å². The van der Waals surface area contributed by atoms with Crippen LogP contribution in [0.4, 0.5) is 0 Å². The third kappa shape index (κ3) is 2.69. The van der Waals surface area contributed by atoms with Crippen molar-refractivity contribution in [2.75, 3.05) is 0 Å². The average Bonchev–Trinajstić information content (AvgIpc) is 2.65. The Bertz CT molecular complexity index is 107. The zero-order valence-electron chi connectivity index (χ0n) is 6.35. The summed E-state index contributed by atoms with van der Waals surface area (Å²) in [6.07, 6.45) is 8.66. The van der Waals surface area contributed by atoms with Gasteiger partial charge in [0.05, 0.1) is 0 Å². The molecule has 1 aliphatic rings. The summed E-state index contributed by atoms with van der Waals surface area (Å²) < 4.78 is 0. The lowest BCUT2D eigenvalue weighted by Gasteiger charge is -1.96. The molecule has 0 heteroatoms. The van der Waals surface area contributed by atoms with Crippen LogP contribution in [0.2, 0.25) is 0 Å². The van der Waals surface area contributed by atoms with Gasteiger partial charge in [-0.05, 0) is 45.4 Å². The number of hydrogen-bond acceptors (Lipinski definition) is 0. The molecule has 0 aromatic rings. The largest absolute Gasteiger partial charge is 0.0887 e. The minimum absolute atomic E-state index is 0.972. The molecule has 1 rings (SSSR count). The summed E-state index contributed by atoms with van der Waals surface area (Å²) in [5.74, 6) is 0.972. The van der Waals surface area contributed by atoms with Gasteiger partial charge in [-0.25, -0.2) is 0 Å². The normalized spacial score (nSPS) is 20.4. The van der Waals surface area contributed by atoms with Gasteiger partial charge in [0.2, 0.25) is 0 Å². The zero-order chi connectivity index (χ0) is 6.69. The van der Waals surface area contributed by atoms with E-state index in [4.69, 9.17) is 0 Å². The van der Waals surface area contributed by atoms with Crippen molar-refractivity contribution in [2.24, 2.45) is 5.92 Å². The summed E-state index contributed by atoms with van der Waals surface area (Å²) in [6, 6.07) is 0. The summed E-state index contributed by atoms with van der Waals surface area (Å²) in [5, 5.41) is 0. The van der Waals surface area contributed by atoms with Gasteiger partial charge in [0.1, 0.15) is 0 Å². The maximum atomic E-state index is 2.39. The quantitative estimate of drug-likeness (QED) is 0.506. The molecule has 0 amide bonds. The van der Waals surface area contributed by atoms with Crippen LogP contribution in [0.15, 0.2) is 11.6 Å². The Morgan fingerprint density at radius 1 is 1.78 bits per heavy atom. The van der Waals surface area contributed by atoms with E-state index >= 15 is 0 Å². The van der Waals surface area contributed by atoms with Crippen molar-refractivity contribution < 1.29 is 0 Å². The van der Waals surface area contributed by atoms with E-state index in [-0.39, 0.29) is 0 Å². The van der Waals surface area contributed by atoms with E-state index in [2.05, 4.69) is 26.3 Å². The summed E-state index contributed by atoms with van der Waals surface area (Å²) in [6.45, 7) is 4.33. The first kappa shape index (κ1) is 6.85. The van der Waals surface area contributed by atoms with Crippen molar-refractivity contribution >= 4 is 0 Å². The molecule has 0 N–H and O–H groups in total. The lowest BCUT2D eigenvalue weighted by Crippen LogP contribution is -1.78. The molecule has 9 heavy (non-hydrogen) atoms. The van der Waals surface area contributed by atoms with Gasteiger partial charge in [-0.1, -0.05) is 11.6 Å². The van der Waals surface area contributed by atoms with E-state index in [1.165, 1.54) is 24.8 Å². The van der Waals surface area contributed by atoms with Crippen LogP contribution in [0.5, 0.6) is 0 Å². The highest BCUT2D eigenvalue weighted by Crippen LogP contribution is 2.32. The highest BCUT2D eigenvalue weighted by atomic mass is 14.3. The van der Waals surface area contributed by atoms with Crippen LogP contribution < -0.4 is 0 Å². The number of allylic oxidation sites excluding steroid dienone is 2. The molecule has 1 saturated carbocycles. The molecule has 1 unspecified atom stereocenters. The van der Waals surface area contributed by atoms with E-state index in [1.807, 2.05) is 0 Å². The molecule has 1 atom stereocenters. The van der Waals surface area contributed by atoms with Crippen molar-refractivity contribution in [1.82, 2.24) is 0 Å². The summed E-state index contributed by atoms with van der Waals surface area (Å²) in [7, 11) is 0. The van der Waals surface area contributed by atoms with Crippen molar-refractivity contribution in [3.8, 4) is 0 Å². The SMILES string of the molecule is CC=C(C)CCC1[CH]C1. The number of rotatable bonds is 3.